The molecule has 0 radical (unpaired) electrons. The van der Waals surface area contributed by atoms with Crippen LogP contribution in [0, 0.1) is 12.7 Å². The van der Waals surface area contributed by atoms with Crippen molar-refractivity contribution in [3.63, 3.8) is 0 Å². The molecule has 1 aliphatic heterocycles. The molecule has 1 unspecified atom stereocenters. The van der Waals surface area contributed by atoms with Crippen molar-refractivity contribution < 1.29 is 13.9 Å². The maximum atomic E-state index is 14.3. The monoisotopic (exact) mass is 440 g/mol. The normalized spacial score (nSPS) is 15.6. The molecule has 0 bridgehead atoms. The van der Waals surface area contributed by atoms with Gasteiger partial charge in [-0.1, -0.05) is 24.3 Å². The number of halogens is 1. The number of piperazine rings is 1. The van der Waals surface area contributed by atoms with E-state index in [0.29, 0.717) is 5.75 Å². The number of hydrogen-bond donors (Lipinski definition) is 0. The highest BCUT2D eigenvalue weighted by Crippen LogP contribution is 2.31. The van der Waals surface area contributed by atoms with E-state index in [4.69, 9.17) is 9.47 Å². The van der Waals surface area contributed by atoms with Gasteiger partial charge in [0.1, 0.15) is 11.9 Å². The zero-order chi connectivity index (χ0) is 21.6. The van der Waals surface area contributed by atoms with Crippen LogP contribution in [-0.4, -0.2) is 44.7 Å². The minimum absolute atomic E-state index is 0.149. The Labute approximate surface area is 187 Å². The van der Waals surface area contributed by atoms with Gasteiger partial charge in [0, 0.05) is 44.0 Å². The minimum atomic E-state index is -0.308. The first-order chi connectivity index (χ1) is 15.1. The molecule has 6 heteroatoms. The Bertz CT molecular complexity index is 971. The van der Waals surface area contributed by atoms with E-state index in [9.17, 15) is 4.39 Å². The van der Waals surface area contributed by atoms with Crippen LogP contribution in [0.2, 0.25) is 0 Å². The Morgan fingerprint density at radius 1 is 1.00 bits per heavy atom. The lowest BCUT2D eigenvalue weighted by molar-refractivity contribution is 0.157. The molecule has 2 aromatic carbocycles. The van der Waals surface area contributed by atoms with Crippen molar-refractivity contribution in [2.75, 3.05) is 44.7 Å². The van der Waals surface area contributed by atoms with Crippen LogP contribution in [0.15, 0.2) is 60.0 Å². The van der Waals surface area contributed by atoms with Gasteiger partial charge >= 0.3 is 0 Å². The number of ether oxygens (including phenoxy) is 2. The Morgan fingerprint density at radius 2 is 1.81 bits per heavy atom. The first kappa shape index (κ1) is 21.7. The lowest BCUT2D eigenvalue weighted by atomic mass is 10.1. The van der Waals surface area contributed by atoms with Crippen LogP contribution >= 0.6 is 11.3 Å². The van der Waals surface area contributed by atoms with Crippen LogP contribution in [0.25, 0.3) is 0 Å². The fourth-order valence-corrected chi connectivity index (χ4v) is 4.78. The molecule has 1 aliphatic rings. The van der Waals surface area contributed by atoms with Crippen molar-refractivity contribution in [3.8, 4) is 11.5 Å². The average Bonchev–Trinajstić information content (AvgIpc) is 3.34. The summed E-state index contributed by atoms with van der Waals surface area (Å²) < 4.78 is 26.0. The molecule has 0 amide bonds. The van der Waals surface area contributed by atoms with E-state index >= 15 is 0 Å². The fraction of sp³-hybridized carbons (Fsp3) is 0.360. The zero-order valence-electron chi connectivity index (χ0n) is 18.1. The summed E-state index contributed by atoms with van der Waals surface area (Å²) in [4.78, 5) is 5.97. The predicted molar refractivity (Wildman–Crippen MR) is 125 cm³/mol. The Morgan fingerprint density at radius 3 is 2.55 bits per heavy atom. The Hall–Kier alpha value is -2.57. The summed E-state index contributed by atoms with van der Waals surface area (Å²) in [7, 11) is 1.72. The van der Waals surface area contributed by atoms with Gasteiger partial charge in [0.2, 0.25) is 0 Å². The van der Waals surface area contributed by atoms with Gasteiger partial charge in [0.15, 0.2) is 11.6 Å². The highest BCUT2D eigenvalue weighted by Gasteiger charge is 2.22. The molecular formula is C25H29FN2O2S. The Kier molecular flexibility index (Phi) is 7.10. The van der Waals surface area contributed by atoms with Crippen LogP contribution in [0.4, 0.5) is 10.1 Å². The highest BCUT2D eigenvalue weighted by molar-refractivity contribution is 7.10. The molecular weight excluding hydrogens is 411 g/mol. The van der Waals surface area contributed by atoms with Gasteiger partial charge in [-0.05, 0) is 48.2 Å². The lowest BCUT2D eigenvalue weighted by Gasteiger charge is -2.37. The van der Waals surface area contributed by atoms with E-state index in [2.05, 4.69) is 28.0 Å². The second-order valence-corrected chi connectivity index (χ2v) is 8.82. The van der Waals surface area contributed by atoms with Crippen LogP contribution in [0.5, 0.6) is 11.5 Å². The first-order valence-corrected chi connectivity index (χ1v) is 11.6. The molecule has 31 heavy (non-hydrogen) atoms. The topological polar surface area (TPSA) is 24.9 Å². The molecule has 1 atom stereocenters. The molecule has 1 aromatic heterocycles. The third kappa shape index (κ3) is 5.38. The van der Waals surface area contributed by atoms with Gasteiger partial charge in [-0.15, -0.1) is 11.3 Å². The summed E-state index contributed by atoms with van der Waals surface area (Å²) >= 11 is 1.66. The molecule has 164 valence electrons. The molecule has 0 saturated carbocycles. The molecule has 1 saturated heterocycles. The summed E-state index contributed by atoms with van der Waals surface area (Å²) in [6.07, 6.45) is 0.672. The number of rotatable bonds is 8. The molecule has 0 spiro atoms. The average molecular weight is 441 g/mol. The van der Waals surface area contributed by atoms with Crippen molar-refractivity contribution in [3.05, 3.63) is 76.2 Å². The maximum absolute atomic E-state index is 14.3. The number of aryl methyl sites for hydroxylation is 1. The third-order valence-electron chi connectivity index (χ3n) is 5.72. The van der Waals surface area contributed by atoms with Crippen LogP contribution < -0.4 is 14.4 Å². The molecule has 0 aliphatic carbocycles. The predicted octanol–water partition coefficient (Wildman–Crippen LogP) is 5.54. The smallest absolute Gasteiger partial charge is 0.165 e. The third-order valence-corrected chi connectivity index (χ3v) is 6.69. The molecule has 1 fully saturated rings. The number of benzene rings is 2. The van der Waals surface area contributed by atoms with E-state index in [1.165, 1.54) is 6.07 Å². The lowest BCUT2D eigenvalue weighted by Crippen LogP contribution is -2.47. The number of methoxy groups -OCH3 is 1. The quantitative estimate of drug-likeness (QED) is 0.459. The maximum Gasteiger partial charge on any atom is 0.165 e. The van der Waals surface area contributed by atoms with Gasteiger partial charge in [-0.2, -0.15) is 0 Å². The molecule has 4 rings (SSSR count). The molecule has 3 aromatic rings. The number of hydrogen-bond acceptors (Lipinski definition) is 5. The summed E-state index contributed by atoms with van der Waals surface area (Å²) in [5.74, 6) is 0.944. The standard InChI is InChI=1S/C25H29FN2O2S/c1-19-9-10-20(26)24(18-19)30-23(25-8-5-17-31-25)11-12-27-13-15-28(16-14-27)21-6-3-4-7-22(21)29-2/h3-10,17-18,23H,11-16H2,1-2H3. The summed E-state index contributed by atoms with van der Waals surface area (Å²) in [5, 5.41) is 2.05. The van der Waals surface area contributed by atoms with Crippen LogP contribution in [0.1, 0.15) is 23.0 Å². The van der Waals surface area contributed by atoms with E-state index in [0.717, 1.165) is 61.0 Å². The second kappa shape index (κ2) is 10.2. The zero-order valence-corrected chi connectivity index (χ0v) is 18.9. The molecule has 0 N–H and O–H groups in total. The van der Waals surface area contributed by atoms with Crippen molar-refractivity contribution >= 4 is 17.0 Å². The molecule has 4 nitrogen and oxygen atoms in total. The van der Waals surface area contributed by atoms with Gasteiger partial charge in [0.25, 0.3) is 0 Å². The van der Waals surface area contributed by atoms with Gasteiger partial charge in [-0.25, -0.2) is 4.39 Å². The fourth-order valence-electron chi connectivity index (χ4n) is 3.99. The summed E-state index contributed by atoms with van der Waals surface area (Å²) in [6, 6.07) is 17.3. The van der Waals surface area contributed by atoms with Gasteiger partial charge in [-0.3, -0.25) is 4.90 Å². The summed E-state index contributed by atoms with van der Waals surface area (Å²) in [5.41, 5.74) is 2.15. The van der Waals surface area contributed by atoms with Crippen molar-refractivity contribution in [2.24, 2.45) is 0 Å². The van der Waals surface area contributed by atoms with Crippen LogP contribution in [0.3, 0.4) is 0 Å². The van der Waals surface area contributed by atoms with Gasteiger partial charge < -0.3 is 14.4 Å². The molecule has 2 heterocycles. The van der Waals surface area contributed by atoms with Crippen molar-refractivity contribution in [1.29, 1.82) is 0 Å². The van der Waals surface area contributed by atoms with E-state index in [1.54, 1.807) is 30.6 Å². The minimum Gasteiger partial charge on any atom is -0.495 e. The number of anilines is 1. The Balaban J connectivity index is 1.37. The van der Waals surface area contributed by atoms with Crippen LogP contribution in [-0.2, 0) is 0 Å². The number of para-hydroxylation sites is 2. The van der Waals surface area contributed by atoms with Gasteiger partial charge in [0.05, 0.1) is 12.8 Å². The number of nitrogens with zero attached hydrogens (tertiary/aromatic N) is 2. The number of thiophene rings is 1. The van der Waals surface area contributed by atoms with E-state index in [-0.39, 0.29) is 11.9 Å². The largest absolute Gasteiger partial charge is 0.495 e. The van der Waals surface area contributed by atoms with Crippen molar-refractivity contribution in [1.82, 2.24) is 4.90 Å². The van der Waals surface area contributed by atoms with E-state index in [1.807, 2.05) is 30.5 Å². The highest BCUT2D eigenvalue weighted by atomic mass is 32.1. The summed E-state index contributed by atoms with van der Waals surface area (Å²) in [6.45, 7) is 6.74. The van der Waals surface area contributed by atoms with Crippen molar-refractivity contribution in [2.45, 2.75) is 19.4 Å². The SMILES string of the molecule is COc1ccccc1N1CCN(CCC(Oc2cc(C)ccc2F)c2cccs2)CC1. The second-order valence-electron chi connectivity index (χ2n) is 7.85. The first-order valence-electron chi connectivity index (χ1n) is 10.7. The van der Waals surface area contributed by atoms with E-state index < -0.39 is 0 Å².